The SMILES string of the molecule is Cc1nn(C)c(Cl)c1CNCc1cn(-c2ccccc2)nc1-c1ccccc1. The fourth-order valence-electron chi connectivity index (χ4n) is 3.29. The molecular weight excluding hydrogens is 370 g/mol. The van der Waals surface area contributed by atoms with Crippen LogP contribution in [0.5, 0.6) is 0 Å². The first-order chi connectivity index (χ1) is 13.6. The summed E-state index contributed by atoms with van der Waals surface area (Å²) >= 11 is 6.35. The van der Waals surface area contributed by atoms with Crippen molar-refractivity contribution >= 4 is 11.6 Å². The summed E-state index contributed by atoms with van der Waals surface area (Å²) in [6.45, 7) is 3.32. The van der Waals surface area contributed by atoms with Crippen molar-refractivity contribution in [2.45, 2.75) is 20.0 Å². The quantitative estimate of drug-likeness (QED) is 0.525. The van der Waals surface area contributed by atoms with E-state index in [0.29, 0.717) is 18.2 Å². The van der Waals surface area contributed by atoms with Crippen LogP contribution in [0, 0.1) is 6.92 Å². The van der Waals surface area contributed by atoms with Crippen molar-refractivity contribution in [2.24, 2.45) is 7.05 Å². The number of hydrogen-bond acceptors (Lipinski definition) is 3. The van der Waals surface area contributed by atoms with Crippen LogP contribution < -0.4 is 5.32 Å². The molecule has 28 heavy (non-hydrogen) atoms. The molecule has 2 aromatic carbocycles. The van der Waals surface area contributed by atoms with E-state index in [1.807, 2.05) is 55.1 Å². The molecule has 0 bridgehead atoms. The van der Waals surface area contributed by atoms with Gasteiger partial charge in [-0.05, 0) is 19.1 Å². The molecular formula is C22H22ClN5. The van der Waals surface area contributed by atoms with E-state index in [1.165, 1.54) is 0 Å². The number of rotatable bonds is 6. The number of aryl methyl sites for hydroxylation is 2. The first-order valence-electron chi connectivity index (χ1n) is 9.21. The summed E-state index contributed by atoms with van der Waals surface area (Å²) in [5.74, 6) is 0. The maximum Gasteiger partial charge on any atom is 0.131 e. The smallest absolute Gasteiger partial charge is 0.131 e. The van der Waals surface area contributed by atoms with E-state index in [4.69, 9.17) is 16.7 Å². The Kier molecular flexibility index (Phi) is 5.28. The highest BCUT2D eigenvalue weighted by Crippen LogP contribution is 2.24. The van der Waals surface area contributed by atoms with Crippen molar-refractivity contribution in [3.63, 3.8) is 0 Å². The van der Waals surface area contributed by atoms with Crippen LogP contribution in [0.1, 0.15) is 16.8 Å². The molecule has 0 aliphatic rings. The minimum Gasteiger partial charge on any atom is -0.308 e. The highest BCUT2D eigenvalue weighted by atomic mass is 35.5. The Morgan fingerprint density at radius 3 is 2.25 bits per heavy atom. The lowest BCUT2D eigenvalue weighted by Gasteiger charge is -2.05. The predicted octanol–water partition coefficient (Wildman–Crippen LogP) is 4.52. The molecule has 4 rings (SSSR count). The maximum absolute atomic E-state index is 6.35. The van der Waals surface area contributed by atoms with Gasteiger partial charge in [-0.2, -0.15) is 10.2 Å². The van der Waals surface area contributed by atoms with Crippen LogP contribution in [0.15, 0.2) is 66.9 Å². The van der Waals surface area contributed by atoms with Gasteiger partial charge in [0.05, 0.1) is 17.1 Å². The summed E-state index contributed by atoms with van der Waals surface area (Å²) in [4.78, 5) is 0. The second kappa shape index (κ2) is 8.00. The molecule has 0 amide bonds. The normalized spacial score (nSPS) is 11.1. The van der Waals surface area contributed by atoms with Gasteiger partial charge >= 0.3 is 0 Å². The average Bonchev–Trinajstić information content (AvgIpc) is 3.25. The van der Waals surface area contributed by atoms with Crippen LogP contribution in [-0.2, 0) is 20.1 Å². The molecule has 0 aliphatic carbocycles. The largest absolute Gasteiger partial charge is 0.308 e. The first-order valence-corrected chi connectivity index (χ1v) is 9.59. The Morgan fingerprint density at radius 2 is 1.61 bits per heavy atom. The van der Waals surface area contributed by atoms with E-state index >= 15 is 0 Å². The summed E-state index contributed by atoms with van der Waals surface area (Å²) in [6, 6.07) is 20.4. The van der Waals surface area contributed by atoms with Gasteiger partial charge in [0, 0.05) is 43.0 Å². The van der Waals surface area contributed by atoms with E-state index in [2.05, 4.69) is 40.9 Å². The number of nitrogens with one attached hydrogen (secondary N) is 1. The second-order valence-electron chi connectivity index (χ2n) is 6.73. The van der Waals surface area contributed by atoms with Crippen LogP contribution in [0.25, 0.3) is 16.9 Å². The second-order valence-corrected chi connectivity index (χ2v) is 7.09. The van der Waals surface area contributed by atoms with Gasteiger partial charge in [-0.1, -0.05) is 60.1 Å². The van der Waals surface area contributed by atoms with Gasteiger partial charge in [0.1, 0.15) is 5.15 Å². The molecule has 0 saturated heterocycles. The number of halogens is 1. The molecule has 0 spiro atoms. The van der Waals surface area contributed by atoms with E-state index in [0.717, 1.165) is 33.8 Å². The van der Waals surface area contributed by atoms with Gasteiger partial charge in [-0.25, -0.2) is 4.68 Å². The molecule has 1 N–H and O–H groups in total. The Balaban J connectivity index is 1.61. The van der Waals surface area contributed by atoms with E-state index < -0.39 is 0 Å². The number of aromatic nitrogens is 4. The summed E-state index contributed by atoms with van der Waals surface area (Å²) in [6.07, 6.45) is 2.09. The third-order valence-corrected chi connectivity index (χ3v) is 5.22. The lowest BCUT2D eigenvalue weighted by molar-refractivity contribution is 0.691. The molecule has 6 heteroatoms. The van der Waals surface area contributed by atoms with Crippen LogP contribution >= 0.6 is 11.6 Å². The van der Waals surface area contributed by atoms with Gasteiger partial charge in [0.2, 0.25) is 0 Å². The van der Waals surface area contributed by atoms with Gasteiger partial charge in [-0.3, -0.25) is 4.68 Å². The maximum atomic E-state index is 6.35. The highest BCUT2D eigenvalue weighted by Gasteiger charge is 2.14. The average molecular weight is 392 g/mol. The Bertz CT molecular complexity index is 1070. The molecule has 2 aromatic heterocycles. The molecule has 0 unspecified atom stereocenters. The minimum atomic E-state index is 0.656. The Hall–Kier alpha value is -2.89. The standard InChI is InChI=1S/C22H22ClN5/c1-16-20(22(23)27(2)25-16)14-24-13-18-15-28(19-11-7-4-8-12-19)26-21(18)17-9-5-3-6-10-17/h3-12,15,24H,13-14H2,1-2H3. The van der Waals surface area contributed by atoms with E-state index in [9.17, 15) is 0 Å². The van der Waals surface area contributed by atoms with Crippen molar-refractivity contribution in [3.8, 4) is 16.9 Å². The van der Waals surface area contributed by atoms with E-state index in [1.54, 1.807) is 4.68 Å². The lowest BCUT2D eigenvalue weighted by atomic mass is 10.1. The zero-order chi connectivity index (χ0) is 19.5. The third kappa shape index (κ3) is 3.72. The Morgan fingerprint density at radius 1 is 0.929 bits per heavy atom. The molecule has 0 atom stereocenters. The topological polar surface area (TPSA) is 47.7 Å². The van der Waals surface area contributed by atoms with Crippen LogP contribution in [0.2, 0.25) is 5.15 Å². The van der Waals surface area contributed by atoms with Crippen LogP contribution in [0.4, 0.5) is 0 Å². The molecule has 5 nitrogen and oxygen atoms in total. The van der Waals surface area contributed by atoms with Gasteiger partial charge in [-0.15, -0.1) is 0 Å². The molecule has 0 aliphatic heterocycles. The highest BCUT2D eigenvalue weighted by molar-refractivity contribution is 6.30. The zero-order valence-electron chi connectivity index (χ0n) is 15.9. The third-order valence-electron chi connectivity index (χ3n) is 4.75. The van der Waals surface area contributed by atoms with Crippen LogP contribution in [-0.4, -0.2) is 19.6 Å². The fourth-order valence-corrected chi connectivity index (χ4v) is 3.53. The number of hydrogen-bond donors (Lipinski definition) is 1. The number of para-hydroxylation sites is 1. The van der Waals surface area contributed by atoms with Crippen molar-refractivity contribution in [3.05, 3.63) is 88.8 Å². The summed E-state index contributed by atoms with van der Waals surface area (Å²) < 4.78 is 3.64. The molecule has 2 heterocycles. The summed E-state index contributed by atoms with van der Waals surface area (Å²) in [5, 5.41) is 13.4. The van der Waals surface area contributed by atoms with Gasteiger partial charge in [0.25, 0.3) is 0 Å². The van der Waals surface area contributed by atoms with Gasteiger partial charge in [0.15, 0.2) is 0 Å². The molecule has 0 saturated carbocycles. The fraction of sp³-hybridized carbons (Fsp3) is 0.182. The molecule has 0 radical (unpaired) electrons. The summed E-state index contributed by atoms with van der Waals surface area (Å²) in [7, 11) is 1.86. The first kappa shape index (κ1) is 18.5. The van der Waals surface area contributed by atoms with E-state index in [-0.39, 0.29) is 0 Å². The molecule has 0 fully saturated rings. The molecule has 4 aromatic rings. The van der Waals surface area contributed by atoms with Crippen molar-refractivity contribution in [1.82, 2.24) is 24.9 Å². The summed E-state index contributed by atoms with van der Waals surface area (Å²) in [5.41, 5.74) is 6.23. The van der Waals surface area contributed by atoms with Crippen molar-refractivity contribution < 1.29 is 0 Å². The number of benzene rings is 2. The van der Waals surface area contributed by atoms with Crippen molar-refractivity contribution in [1.29, 1.82) is 0 Å². The Labute approximate surface area is 169 Å². The zero-order valence-corrected chi connectivity index (χ0v) is 16.7. The van der Waals surface area contributed by atoms with Gasteiger partial charge < -0.3 is 5.32 Å². The minimum absolute atomic E-state index is 0.656. The van der Waals surface area contributed by atoms with Crippen LogP contribution in [0.3, 0.4) is 0 Å². The molecule has 142 valence electrons. The monoisotopic (exact) mass is 391 g/mol. The lowest BCUT2D eigenvalue weighted by Crippen LogP contribution is -2.13. The van der Waals surface area contributed by atoms with Crippen molar-refractivity contribution in [2.75, 3.05) is 0 Å². The number of nitrogens with zero attached hydrogens (tertiary/aromatic N) is 4. The predicted molar refractivity (Wildman–Crippen MR) is 112 cm³/mol.